The van der Waals surface area contributed by atoms with E-state index in [0.29, 0.717) is 6.54 Å². The fourth-order valence-corrected chi connectivity index (χ4v) is 2.61. The molecule has 0 unspecified atom stereocenters. The third-order valence-electron chi connectivity index (χ3n) is 2.19. The van der Waals surface area contributed by atoms with Gasteiger partial charge < -0.3 is 5.32 Å². The highest BCUT2D eigenvalue weighted by atomic mass is 35.5. The molecule has 2 N–H and O–H groups in total. The van der Waals surface area contributed by atoms with Gasteiger partial charge in [-0.15, -0.1) is 0 Å². The van der Waals surface area contributed by atoms with Crippen LogP contribution in [0.2, 0.25) is 5.02 Å². The van der Waals surface area contributed by atoms with Gasteiger partial charge in [0.05, 0.1) is 10.8 Å². The lowest BCUT2D eigenvalue weighted by Gasteiger charge is -2.10. The molecule has 0 saturated heterocycles. The van der Waals surface area contributed by atoms with Gasteiger partial charge in [0.25, 0.3) is 0 Å². The average molecular weight is 295 g/mol. The van der Waals surface area contributed by atoms with Crippen molar-refractivity contribution in [2.75, 3.05) is 23.6 Å². The number of nitrogens with one attached hydrogen (secondary N) is 2. The molecule has 0 aliphatic carbocycles. The maximum absolute atomic E-state index is 13.4. The van der Waals surface area contributed by atoms with E-state index in [1.807, 2.05) is 6.92 Å². The summed E-state index contributed by atoms with van der Waals surface area (Å²) < 4.78 is 38.9. The van der Waals surface area contributed by atoms with Gasteiger partial charge in [0, 0.05) is 6.54 Å². The van der Waals surface area contributed by atoms with Gasteiger partial charge in [-0.3, -0.25) is 4.72 Å². The first kappa shape index (κ1) is 15.2. The minimum atomic E-state index is -3.60. The first-order chi connectivity index (χ1) is 8.46. The van der Waals surface area contributed by atoms with Crippen LogP contribution in [0.25, 0.3) is 0 Å². The summed E-state index contributed by atoms with van der Waals surface area (Å²) in [6.45, 7) is 3.05. The van der Waals surface area contributed by atoms with Crippen LogP contribution in [-0.4, -0.2) is 27.3 Å². The Hall–Kier alpha value is -0.850. The summed E-state index contributed by atoms with van der Waals surface area (Å²) in [4.78, 5) is 0. The Bertz CT molecular complexity index is 474. The second kappa shape index (κ2) is 6.92. The molecule has 0 amide bonds. The maximum Gasteiger partial charge on any atom is 0.234 e. The van der Waals surface area contributed by atoms with Gasteiger partial charge >= 0.3 is 0 Å². The van der Waals surface area contributed by atoms with Gasteiger partial charge in [0.2, 0.25) is 10.0 Å². The fourth-order valence-electron chi connectivity index (χ4n) is 1.31. The largest absolute Gasteiger partial charge is 0.316 e. The highest BCUT2D eigenvalue weighted by Crippen LogP contribution is 2.25. The monoisotopic (exact) mass is 294 g/mol. The minimum Gasteiger partial charge on any atom is -0.316 e. The number of para-hydroxylation sites is 1. The smallest absolute Gasteiger partial charge is 0.234 e. The van der Waals surface area contributed by atoms with E-state index < -0.39 is 15.8 Å². The van der Waals surface area contributed by atoms with Crippen LogP contribution in [0, 0.1) is 5.82 Å². The van der Waals surface area contributed by atoms with Crippen molar-refractivity contribution in [3.05, 3.63) is 29.0 Å². The third-order valence-corrected chi connectivity index (χ3v) is 3.77. The molecular formula is C11H16ClFN2O2S. The molecule has 0 saturated carbocycles. The second-order valence-electron chi connectivity index (χ2n) is 3.77. The molecule has 1 aromatic carbocycles. The number of rotatable bonds is 7. The van der Waals surface area contributed by atoms with Crippen LogP contribution < -0.4 is 10.0 Å². The predicted molar refractivity (Wildman–Crippen MR) is 72.0 cm³/mol. The van der Waals surface area contributed by atoms with Crippen molar-refractivity contribution in [3.8, 4) is 0 Å². The summed E-state index contributed by atoms with van der Waals surface area (Å²) in [5.41, 5.74) is -0.199. The van der Waals surface area contributed by atoms with Crippen LogP contribution in [0.4, 0.5) is 10.1 Å². The summed E-state index contributed by atoms with van der Waals surface area (Å²) in [5, 5.41) is 3.00. The molecule has 0 aliphatic heterocycles. The minimum absolute atomic E-state index is 0.0418. The van der Waals surface area contributed by atoms with Gasteiger partial charge in [-0.1, -0.05) is 24.6 Å². The van der Waals surface area contributed by atoms with Crippen LogP contribution >= 0.6 is 11.6 Å². The zero-order chi connectivity index (χ0) is 13.6. The Morgan fingerprint density at radius 3 is 2.67 bits per heavy atom. The number of anilines is 1. The summed E-state index contributed by atoms with van der Waals surface area (Å²) in [7, 11) is -3.60. The molecule has 1 aromatic rings. The molecule has 0 bridgehead atoms. The lowest BCUT2D eigenvalue weighted by Crippen LogP contribution is -2.27. The Balaban J connectivity index is 2.65. The van der Waals surface area contributed by atoms with Gasteiger partial charge in [-0.05, 0) is 25.1 Å². The topological polar surface area (TPSA) is 58.2 Å². The van der Waals surface area contributed by atoms with Crippen molar-refractivity contribution in [1.29, 1.82) is 0 Å². The van der Waals surface area contributed by atoms with Crippen LogP contribution in [0.15, 0.2) is 18.2 Å². The summed E-state index contributed by atoms with van der Waals surface area (Å²) >= 11 is 5.74. The summed E-state index contributed by atoms with van der Waals surface area (Å²) in [6, 6.07) is 4.00. The molecule has 0 radical (unpaired) electrons. The molecule has 0 fully saturated rings. The molecule has 0 heterocycles. The molecule has 4 nitrogen and oxygen atoms in total. The number of hydrogen-bond donors (Lipinski definition) is 2. The fraction of sp³-hybridized carbons (Fsp3) is 0.455. The first-order valence-electron chi connectivity index (χ1n) is 5.61. The van der Waals surface area contributed by atoms with Crippen molar-refractivity contribution in [1.82, 2.24) is 5.32 Å². The second-order valence-corrected chi connectivity index (χ2v) is 6.02. The van der Waals surface area contributed by atoms with Gasteiger partial charge in [0.1, 0.15) is 11.5 Å². The van der Waals surface area contributed by atoms with E-state index in [0.717, 1.165) is 19.0 Å². The Morgan fingerprint density at radius 1 is 1.33 bits per heavy atom. The van der Waals surface area contributed by atoms with E-state index in [1.54, 1.807) is 0 Å². The van der Waals surface area contributed by atoms with Crippen molar-refractivity contribution >= 4 is 27.3 Å². The normalized spacial score (nSPS) is 11.5. The van der Waals surface area contributed by atoms with Gasteiger partial charge in [-0.25, -0.2) is 12.8 Å². The lowest BCUT2D eigenvalue weighted by atomic mass is 10.3. The van der Waals surface area contributed by atoms with E-state index in [-0.39, 0.29) is 16.5 Å². The van der Waals surface area contributed by atoms with Crippen LogP contribution in [0.5, 0.6) is 0 Å². The van der Waals surface area contributed by atoms with Crippen LogP contribution in [0.1, 0.15) is 13.3 Å². The standard InChI is InChI=1S/C11H16ClFN2O2S/c1-2-6-14-7-8-18(16,17)15-11-9(12)4-3-5-10(11)13/h3-5,14-15H,2,6-8H2,1H3. The van der Waals surface area contributed by atoms with Gasteiger partial charge in [0.15, 0.2) is 0 Å². The number of hydrogen-bond acceptors (Lipinski definition) is 3. The molecule has 1 rings (SSSR count). The highest BCUT2D eigenvalue weighted by Gasteiger charge is 2.15. The molecule has 102 valence electrons. The van der Waals surface area contributed by atoms with E-state index in [9.17, 15) is 12.8 Å². The quantitative estimate of drug-likeness (QED) is 0.758. The molecule has 0 atom stereocenters. The van der Waals surface area contributed by atoms with E-state index in [1.165, 1.54) is 12.1 Å². The lowest BCUT2D eigenvalue weighted by molar-refractivity contribution is 0.593. The number of sulfonamides is 1. The predicted octanol–water partition coefficient (Wildman–Crippen LogP) is 2.22. The van der Waals surface area contributed by atoms with E-state index in [2.05, 4.69) is 10.0 Å². The molecule has 18 heavy (non-hydrogen) atoms. The molecule has 0 spiro atoms. The number of halogens is 2. The maximum atomic E-state index is 13.4. The van der Waals surface area contributed by atoms with E-state index >= 15 is 0 Å². The number of benzene rings is 1. The molecule has 0 aromatic heterocycles. The zero-order valence-corrected chi connectivity index (χ0v) is 11.6. The molecule has 0 aliphatic rings. The summed E-state index contributed by atoms with van der Waals surface area (Å²) in [5.74, 6) is -0.815. The van der Waals surface area contributed by atoms with Crippen molar-refractivity contribution in [2.45, 2.75) is 13.3 Å². The Morgan fingerprint density at radius 2 is 2.06 bits per heavy atom. The highest BCUT2D eigenvalue weighted by molar-refractivity contribution is 7.92. The van der Waals surface area contributed by atoms with Crippen molar-refractivity contribution < 1.29 is 12.8 Å². The zero-order valence-electron chi connectivity index (χ0n) is 10.0. The molecular weight excluding hydrogens is 279 g/mol. The van der Waals surface area contributed by atoms with Crippen LogP contribution in [0.3, 0.4) is 0 Å². The average Bonchev–Trinajstić information content (AvgIpc) is 2.30. The SMILES string of the molecule is CCCNCCS(=O)(=O)Nc1c(F)cccc1Cl. The van der Waals surface area contributed by atoms with Crippen LogP contribution in [-0.2, 0) is 10.0 Å². The summed E-state index contributed by atoms with van der Waals surface area (Å²) in [6.07, 6.45) is 0.923. The Labute approximate surface area is 112 Å². The van der Waals surface area contributed by atoms with Gasteiger partial charge in [-0.2, -0.15) is 0 Å². The first-order valence-corrected chi connectivity index (χ1v) is 7.64. The van der Waals surface area contributed by atoms with Crippen molar-refractivity contribution in [3.63, 3.8) is 0 Å². The van der Waals surface area contributed by atoms with Crippen molar-refractivity contribution in [2.24, 2.45) is 0 Å². The Kier molecular flexibility index (Phi) is 5.84. The molecule has 7 heteroatoms. The third kappa shape index (κ3) is 4.80. The van der Waals surface area contributed by atoms with E-state index in [4.69, 9.17) is 11.6 Å².